The Labute approximate surface area is 339 Å². The highest BCUT2D eigenvalue weighted by Gasteiger charge is 2.45. The summed E-state index contributed by atoms with van der Waals surface area (Å²) in [5.41, 5.74) is 5.15. The molecular weight excluding hydrogens is 772 g/mol. The van der Waals surface area contributed by atoms with Gasteiger partial charge in [-0.05, 0) is 91.5 Å². The molecule has 0 radical (unpaired) electrons. The summed E-state index contributed by atoms with van der Waals surface area (Å²) >= 11 is 0. The number of hydroxylamine groups is 2. The number of rotatable bonds is 18. The number of esters is 1. The van der Waals surface area contributed by atoms with Crippen LogP contribution in [-0.4, -0.2) is 113 Å². The average molecular weight is 825 g/mol. The number of aromatic nitrogens is 4. The summed E-state index contributed by atoms with van der Waals surface area (Å²) in [4.78, 5) is 102. The standard InChI is InChI=1S/C38H52N10O11/c1-20(58-34(55)21(2)59-36(56)44-24-16-37(3,4)48(57)38(5,6)17-24)30(50)40-15-7-8-26(49)13-14-27(33(53)54)45-31(51)22-9-11-23(12-10-22)41-18-25-19-42-29-28(43-25)32(52)47-35(39)46-29/h9-12,19-21,24,27,41,57H,7-8,13-18H2,1-6H3,(H,40,50)(H,44,56)(H,45,51)(H,53,54)(H3,39,42,46,47,52). The summed E-state index contributed by atoms with van der Waals surface area (Å²) in [7, 11) is 0. The van der Waals surface area contributed by atoms with E-state index in [4.69, 9.17) is 15.2 Å². The highest BCUT2D eigenvalue weighted by atomic mass is 16.6. The van der Waals surface area contributed by atoms with E-state index in [-0.39, 0.29) is 73.3 Å². The molecule has 3 aromatic rings. The van der Waals surface area contributed by atoms with Gasteiger partial charge in [0.2, 0.25) is 5.95 Å². The van der Waals surface area contributed by atoms with Gasteiger partial charge in [0.15, 0.2) is 23.4 Å². The van der Waals surface area contributed by atoms with Crippen LogP contribution in [0.25, 0.3) is 11.2 Å². The van der Waals surface area contributed by atoms with Gasteiger partial charge in [-0.2, -0.15) is 10.0 Å². The molecule has 3 heterocycles. The van der Waals surface area contributed by atoms with Crippen LogP contribution in [-0.2, 0) is 35.2 Å². The SMILES string of the molecule is CC(OC(=O)C(C)OC(=O)NC1CC(C)(C)N(O)C(C)(C)C1)C(=O)NCCCC(=O)CCC(NC(=O)c1ccc(NCc2cnc3nc(N)[nH]c(=O)c3n2)cc1)C(=O)O. The van der Waals surface area contributed by atoms with Crippen molar-refractivity contribution in [2.45, 2.75) is 122 Å². The van der Waals surface area contributed by atoms with Crippen molar-refractivity contribution >= 4 is 58.4 Å². The number of hydrogen-bond acceptors (Lipinski definition) is 16. The van der Waals surface area contributed by atoms with E-state index >= 15 is 0 Å². The minimum absolute atomic E-state index is 0.0156. The topological polar surface area (TPSA) is 310 Å². The van der Waals surface area contributed by atoms with E-state index in [1.54, 1.807) is 12.1 Å². The second kappa shape index (κ2) is 19.5. The molecule has 21 nitrogen and oxygen atoms in total. The van der Waals surface area contributed by atoms with Crippen LogP contribution in [0.4, 0.5) is 16.4 Å². The van der Waals surface area contributed by atoms with E-state index in [1.165, 1.54) is 37.2 Å². The number of nitrogens with two attached hydrogens (primary N) is 1. The Bertz CT molecular complexity index is 2070. The Balaban J connectivity index is 1.12. The number of ether oxygens (including phenoxy) is 2. The highest BCUT2D eigenvalue weighted by Crippen LogP contribution is 2.36. The van der Waals surface area contributed by atoms with Crippen LogP contribution in [0.3, 0.4) is 0 Å². The largest absolute Gasteiger partial charge is 0.480 e. The number of carboxylic acids is 1. The number of amides is 3. The first kappa shape index (κ1) is 45.5. The quantitative estimate of drug-likeness (QED) is 0.0670. The van der Waals surface area contributed by atoms with Crippen molar-refractivity contribution in [1.82, 2.24) is 40.9 Å². The van der Waals surface area contributed by atoms with E-state index < -0.39 is 64.7 Å². The number of fused-ring (bicyclic) bond motifs is 1. The molecule has 59 heavy (non-hydrogen) atoms. The number of nitrogens with zero attached hydrogens (tertiary/aromatic N) is 4. The fourth-order valence-corrected chi connectivity index (χ4v) is 6.66. The Kier molecular flexibility index (Phi) is 15.0. The van der Waals surface area contributed by atoms with Crippen molar-refractivity contribution in [1.29, 1.82) is 0 Å². The molecule has 1 aliphatic heterocycles. The normalized spacial score (nSPS) is 16.5. The van der Waals surface area contributed by atoms with E-state index in [0.29, 0.717) is 24.2 Å². The zero-order valence-corrected chi connectivity index (χ0v) is 33.8. The van der Waals surface area contributed by atoms with E-state index in [0.717, 1.165) is 0 Å². The van der Waals surface area contributed by atoms with E-state index in [9.17, 15) is 43.9 Å². The number of benzene rings is 1. The molecule has 1 fully saturated rings. The lowest BCUT2D eigenvalue weighted by Crippen LogP contribution is -2.63. The molecule has 9 N–H and O–H groups in total. The second-order valence-electron chi connectivity index (χ2n) is 15.6. The van der Waals surface area contributed by atoms with Crippen molar-refractivity contribution in [2.24, 2.45) is 0 Å². The van der Waals surface area contributed by atoms with Gasteiger partial charge in [0.25, 0.3) is 17.4 Å². The zero-order valence-electron chi connectivity index (χ0n) is 33.8. The minimum atomic E-state index is -1.34. The molecule has 3 amide bonds. The van der Waals surface area contributed by atoms with E-state index in [1.807, 2.05) is 27.7 Å². The number of H-pyrrole nitrogens is 1. The van der Waals surface area contributed by atoms with Gasteiger partial charge in [-0.1, -0.05) is 0 Å². The first-order chi connectivity index (χ1) is 27.6. The van der Waals surface area contributed by atoms with Crippen LogP contribution in [0.15, 0.2) is 35.3 Å². The van der Waals surface area contributed by atoms with Crippen LogP contribution in [0, 0.1) is 0 Å². The second-order valence-corrected chi connectivity index (χ2v) is 15.6. The van der Waals surface area contributed by atoms with Crippen molar-refractivity contribution in [3.05, 3.63) is 52.1 Å². The smallest absolute Gasteiger partial charge is 0.408 e. The first-order valence-electron chi connectivity index (χ1n) is 19.0. The number of Topliss-reactive ketones (excluding diaryl/α,β-unsaturated/α-hetero) is 1. The molecule has 0 saturated carbocycles. The molecule has 320 valence electrons. The molecule has 1 aromatic carbocycles. The predicted molar refractivity (Wildman–Crippen MR) is 211 cm³/mol. The fourth-order valence-electron chi connectivity index (χ4n) is 6.66. The first-order valence-corrected chi connectivity index (χ1v) is 19.0. The predicted octanol–water partition coefficient (Wildman–Crippen LogP) is 1.79. The average Bonchev–Trinajstić information content (AvgIpc) is 3.15. The third kappa shape index (κ3) is 12.9. The van der Waals surface area contributed by atoms with Gasteiger partial charge in [0.1, 0.15) is 11.8 Å². The molecule has 1 saturated heterocycles. The fraction of sp³-hybridized carbons (Fsp3) is 0.526. The molecule has 0 bridgehead atoms. The van der Waals surface area contributed by atoms with Crippen LogP contribution >= 0.6 is 0 Å². The molecule has 0 aliphatic carbocycles. The van der Waals surface area contributed by atoms with Crippen LogP contribution < -0.4 is 32.6 Å². The molecule has 3 atom stereocenters. The molecular formula is C38H52N10O11. The number of aromatic amines is 1. The Morgan fingerprint density at radius 2 is 1.64 bits per heavy atom. The number of carboxylic acid groups (broad SMARTS) is 1. The Hall–Kier alpha value is -6.22. The number of hydrogen-bond donors (Lipinski definition) is 8. The summed E-state index contributed by atoms with van der Waals surface area (Å²) in [5, 5.41) is 32.2. The maximum absolute atomic E-state index is 12.8. The van der Waals surface area contributed by atoms with Gasteiger partial charge in [0.05, 0.1) is 18.4 Å². The lowest BCUT2D eigenvalue weighted by atomic mass is 9.79. The van der Waals surface area contributed by atoms with Crippen LogP contribution in [0.1, 0.15) is 96.1 Å². The van der Waals surface area contributed by atoms with Gasteiger partial charge in [-0.25, -0.2) is 24.4 Å². The van der Waals surface area contributed by atoms with Crippen molar-refractivity contribution in [3.8, 4) is 0 Å². The summed E-state index contributed by atoms with van der Waals surface area (Å²) < 4.78 is 10.3. The zero-order chi connectivity index (χ0) is 43.7. The lowest BCUT2D eigenvalue weighted by molar-refractivity contribution is -0.245. The summed E-state index contributed by atoms with van der Waals surface area (Å²) in [6.45, 7) is 10.3. The number of ketones is 1. The maximum atomic E-state index is 12.8. The molecule has 0 spiro atoms. The summed E-state index contributed by atoms with van der Waals surface area (Å²) in [6.07, 6.45) is -1.13. The number of nitrogen functional groups attached to an aromatic ring is 1. The number of nitrogens with one attached hydrogen (secondary N) is 5. The number of anilines is 2. The molecule has 21 heteroatoms. The van der Waals surface area contributed by atoms with Crippen LogP contribution in [0.2, 0.25) is 0 Å². The monoisotopic (exact) mass is 824 g/mol. The van der Waals surface area contributed by atoms with Gasteiger partial charge >= 0.3 is 18.0 Å². The number of aliphatic carboxylic acids is 1. The van der Waals surface area contributed by atoms with Gasteiger partial charge in [-0.3, -0.25) is 24.2 Å². The molecule has 2 aromatic heterocycles. The van der Waals surface area contributed by atoms with E-state index in [2.05, 4.69) is 41.2 Å². The third-order valence-corrected chi connectivity index (χ3v) is 9.59. The maximum Gasteiger partial charge on any atom is 0.408 e. The minimum Gasteiger partial charge on any atom is -0.480 e. The molecule has 4 rings (SSSR count). The van der Waals surface area contributed by atoms with Crippen molar-refractivity contribution in [3.63, 3.8) is 0 Å². The highest BCUT2D eigenvalue weighted by molar-refractivity contribution is 5.97. The molecule has 3 unspecified atom stereocenters. The number of carbonyl (C=O) groups is 6. The van der Waals surface area contributed by atoms with Gasteiger partial charge in [0, 0.05) is 47.8 Å². The Morgan fingerprint density at radius 1 is 0.983 bits per heavy atom. The van der Waals surface area contributed by atoms with Crippen molar-refractivity contribution < 1.29 is 48.6 Å². The van der Waals surface area contributed by atoms with Gasteiger partial charge < -0.3 is 46.8 Å². The lowest BCUT2D eigenvalue weighted by Gasteiger charge is -2.51. The summed E-state index contributed by atoms with van der Waals surface area (Å²) in [6, 6.07) is 4.51. The summed E-state index contributed by atoms with van der Waals surface area (Å²) in [5.74, 6) is -3.90. The number of alkyl carbamates (subject to hydrolysis) is 1. The molecule has 1 aliphatic rings. The Morgan fingerprint density at radius 3 is 2.29 bits per heavy atom. The van der Waals surface area contributed by atoms with Crippen molar-refractivity contribution in [2.75, 3.05) is 17.6 Å². The number of piperidine rings is 1. The third-order valence-electron chi connectivity index (χ3n) is 9.59. The van der Waals surface area contributed by atoms with Gasteiger partial charge in [-0.15, -0.1) is 0 Å². The van der Waals surface area contributed by atoms with Crippen LogP contribution in [0.5, 0.6) is 0 Å². The number of carbonyl (C=O) groups excluding carboxylic acids is 5.